The van der Waals surface area contributed by atoms with Gasteiger partial charge in [-0.15, -0.1) is 6.54 Å². The molecule has 0 saturated carbocycles. The molecule has 4 heterocycles. The van der Waals surface area contributed by atoms with Gasteiger partial charge in [-0.3, -0.25) is 9.80 Å². The van der Waals surface area contributed by atoms with Crippen LogP contribution in [-0.4, -0.2) is 89.7 Å². The third-order valence-electron chi connectivity index (χ3n) is 9.62. The molecule has 2 aromatic rings. The van der Waals surface area contributed by atoms with Crippen LogP contribution in [0.4, 0.5) is 13.2 Å². The molecule has 1 saturated heterocycles. The van der Waals surface area contributed by atoms with Crippen molar-refractivity contribution >= 4 is 11.8 Å². The van der Waals surface area contributed by atoms with E-state index in [-0.39, 0.29) is 214 Å². The van der Waals surface area contributed by atoms with Crippen molar-refractivity contribution in [1.82, 2.24) is 9.80 Å². The number of hydrogen-bond donors (Lipinski definition) is 2. The van der Waals surface area contributed by atoms with Crippen LogP contribution in [0.2, 0.25) is 0 Å². The smallest absolute Gasteiger partial charge is 0.432 e. The van der Waals surface area contributed by atoms with E-state index in [1.165, 1.54) is 7.11 Å². The number of nitrogens with zero attached hydrogens (tertiary/aromatic N) is 5. The molecule has 1 fully saturated rings. The first kappa shape index (κ1) is 47.5. The molecular formula is C31H32Ac4F3N5O7-2. The molecular weight excluding hydrogens is 1520 g/mol. The maximum Gasteiger partial charge on any atom is 0.432 e. The van der Waals surface area contributed by atoms with Crippen LogP contribution in [0.15, 0.2) is 6.07 Å². The number of phenols is 2. The van der Waals surface area contributed by atoms with Crippen LogP contribution in [-0.2, 0) is 22.4 Å². The number of likely N-dealkylation sites (N-methyl/N-ethyl adjacent to an activating group) is 1. The van der Waals surface area contributed by atoms with Gasteiger partial charge >= 0.3 is 6.18 Å². The van der Waals surface area contributed by atoms with Crippen molar-refractivity contribution in [2.45, 2.75) is 76.0 Å². The Morgan fingerprint density at radius 3 is 2.32 bits per heavy atom. The topological polar surface area (TPSA) is 161 Å². The Kier molecular flexibility index (Phi) is 17.6. The van der Waals surface area contributed by atoms with Gasteiger partial charge in [-0.05, 0) is 44.9 Å². The second kappa shape index (κ2) is 18.5. The molecule has 2 aromatic carbocycles. The van der Waals surface area contributed by atoms with Crippen LogP contribution in [0.25, 0.3) is 10.6 Å². The van der Waals surface area contributed by atoms with Gasteiger partial charge in [0.05, 0.1) is 19.2 Å². The van der Waals surface area contributed by atoms with Gasteiger partial charge in [0.2, 0.25) is 6.79 Å². The van der Waals surface area contributed by atoms with E-state index in [1.807, 2.05) is 29.8 Å². The van der Waals surface area contributed by atoms with E-state index in [2.05, 4.69) is 16.7 Å². The number of amides is 2. The molecule has 6 atom stereocenters. The summed E-state index contributed by atoms with van der Waals surface area (Å²) in [5.41, 5.74) is 3.59. The molecule has 2 N–H and O–H groups in total. The van der Waals surface area contributed by atoms with Crippen LogP contribution >= 0.6 is 0 Å². The molecule has 19 heteroatoms. The first-order valence-electron chi connectivity index (χ1n) is 14.7. The minimum atomic E-state index is -5.24. The zero-order valence-electron chi connectivity index (χ0n) is 28.0. The van der Waals surface area contributed by atoms with Crippen molar-refractivity contribution in [3.63, 3.8) is 0 Å². The maximum absolute atomic E-state index is 13.0. The van der Waals surface area contributed by atoms with Crippen LogP contribution in [0, 0.1) is 201 Å². The average molecular weight is 1550 g/mol. The number of methoxy groups -OCH3 is 1. The number of halogens is 3. The summed E-state index contributed by atoms with van der Waals surface area (Å²) in [5, 5.41) is 40.7. The van der Waals surface area contributed by atoms with E-state index in [0.29, 0.717) is 45.9 Å². The largest absolute Gasteiger partial charge is 0.653 e. The monoisotopic (exact) mass is 1550 g/mol. The van der Waals surface area contributed by atoms with Crippen LogP contribution in [0.5, 0.6) is 28.7 Å². The first-order valence-corrected chi connectivity index (χ1v) is 14.7. The number of aryl methyl sites for hydroxylation is 1. The van der Waals surface area contributed by atoms with E-state index in [4.69, 9.17) is 14.2 Å². The number of ether oxygens (including phenoxy) is 3. The van der Waals surface area contributed by atoms with Crippen LogP contribution in [0.3, 0.4) is 0 Å². The summed E-state index contributed by atoms with van der Waals surface area (Å²) in [6.07, 6.45) is -4.62. The molecule has 0 aromatic heterocycles. The van der Waals surface area contributed by atoms with E-state index in [9.17, 15) is 38.2 Å². The zero-order valence-corrected chi connectivity index (χ0v) is 47.0. The Hall–Kier alpha value is 1.35. The number of aromatic hydroxyl groups is 2. The van der Waals surface area contributed by atoms with Crippen molar-refractivity contribution in [1.29, 1.82) is 5.26 Å². The third kappa shape index (κ3) is 8.24. The third-order valence-corrected chi connectivity index (χ3v) is 9.62. The van der Waals surface area contributed by atoms with Gasteiger partial charge in [0, 0.05) is 223 Å². The molecule has 6 rings (SSSR count). The predicted octanol–water partition coefficient (Wildman–Crippen LogP) is 3.97. The van der Waals surface area contributed by atoms with Gasteiger partial charge in [-0.25, -0.2) is 0 Å². The fourth-order valence-electron chi connectivity index (χ4n) is 7.63. The number of phenolic OH excluding ortho intramolecular Hbond substituents is 2. The van der Waals surface area contributed by atoms with E-state index < -0.39 is 48.2 Å². The molecule has 258 valence electrons. The van der Waals surface area contributed by atoms with Gasteiger partial charge in [-0.1, -0.05) is 19.0 Å². The number of piperazine rings is 1. The molecule has 0 spiro atoms. The quantitative estimate of drug-likeness (QED) is 0.449. The molecule has 4 aliphatic heterocycles. The number of carbonyl (C=O) groups excluding carboxylic acids is 2. The van der Waals surface area contributed by atoms with Crippen molar-refractivity contribution in [3.8, 4) is 34.8 Å². The molecule has 0 aliphatic carbocycles. The normalized spacial score (nSPS) is 23.4. The zero-order chi connectivity index (χ0) is 33.4. The van der Waals surface area contributed by atoms with Crippen molar-refractivity contribution in [3.05, 3.63) is 50.1 Å². The van der Waals surface area contributed by atoms with E-state index in [0.717, 1.165) is 18.1 Å². The Balaban J connectivity index is 0.00000217. The van der Waals surface area contributed by atoms with Gasteiger partial charge in [0.15, 0.2) is 28.9 Å². The van der Waals surface area contributed by atoms with Gasteiger partial charge in [-0.2, -0.15) is 18.4 Å². The second-order valence-corrected chi connectivity index (χ2v) is 12.1. The molecule has 4 aliphatic rings. The molecule has 12 nitrogen and oxygen atoms in total. The predicted molar refractivity (Wildman–Crippen MR) is 155 cm³/mol. The molecule has 1 unspecified atom stereocenters. The van der Waals surface area contributed by atoms with Crippen molar-refractivity contribution < 1.29 is 223 Å². The fourth-order valence-corrected chi connectivity index (χ4v) is 7.63. The fraction of sp³-hybridized carbons (Fsp3) is 0.516. The van der Waals surface area contributed by atoms with Crippen LogP contribution in [0.1, 0.15) is 52.4 Å². The summed E-state index contributed by atoms with van der Waals surface area (Å²) in [6.45, 7) is 4.06. The SMILES string of the molecule is COc1c(C)cc2c(c1O)[C@@H]1C3Cc4c(O)c(C)c5c(c4[C@H](C[N-]C(=O)[C@H](C)[N-]C(=O)C(F)(F)F)N3[C@@H](C#N)[C@H](C2)N1C)OCO5.[Ac].[Ac].[Ac].[Ac]. The number of fused-ring (bicyclic) bond motifs is 9. The minimum Gasteiger partial charge on any atom is -0.653 e. The Bertz CT molecular complexity index is 1700. The molecule has 50 heavy (non-hydrogen) atoms. The van der Waals surface area contributed by atoms with Gasteiger partial charge < -0.3 is 44.6 Å². The Morgan fingerprint density at radius 2 is 1.72 bits per heavy atom. The average Bonchev–Trinajstić information content (AvgIpc) is 3.48. The number of rotatable bonds is 5. The standard InChI is InChI=1S/C31H34F3N5O7.4Ac/c1-12-6-15-7-17-19(9-35)39-18(23(38(17)4)21(15)25(41)26(12)44-5)8-16-22(28-27(45-11-46-28)13(2)24(16)40)20(39)10-36-29(42)14(3)37-30(43)31(32,33)34;;;;/h6,14,17-20,23H,7-8,10-11H2,1-5H3,(H4,36,37,40,41,42,43);;;;/p-2/t14-,17-,18?,19-,20-,23-;;;;/m0..../s1. The number of benzene rings is 2. The minimum absolute atomic E-state index is 0. The van der Waals surface area contributed by atoms with Gasteiger partial charge in [0.25, 0.3) is 0 Å². The summed E-state index contributed by atoms with van der Waals surface area (Å²) in [6, 6.07) is -0.409. The maximum atomic E-state index is 13.0. The summed E-state index contributed by atoms with van der Waals surface area (Å²) < 4.78 is 55.5. The molecule has 2 amide bonds. The Labute approximate surface area is 430 Å². The summed E-state index contributed by atoms with van der Waals surface area (Å²) in [4.78, 5) is 28.3. The molecule has 2 bridgehead atoms. The summed E-state index contributed by atoms with van der Waals surface area (Å²) >= 11 is 0. The van der Waals surface area contributed by atoms with E-state index >= 15 is 0 Å². The van der Waals surface area contributed by atoms with E-state index in [1.54, 1.807) is 6.92 Å². The summed E-state index contributed by atoms with van der Waals surface area (Å²) in [7, 11) is 3.34. The first-order chi connectivity index (χ1) is 21.7. The summed E-state index contributed by atoms with van der Waals surface area (Å²) in [5.74, 6) is -2.59. The number of hydrogen-bond acceptors (Lipinski definition) is 10. The Morgan fingerprint density at radius 1 is 1.08 bits per heavy atom. The number of nitriles is 1. The van der Waals surface area contributed by atoms with Crippen LogP contribution < -0.4 is 14.2 Å². The number of carbonyl (C=O) groups is 2. The molecule has 4 radical (unpaired) electrons. The second-order valence-electron chi connectivity index (χ2n) is 12.1. The van der Waals surface area contributed by atoms with Crippen molar-refractivity contribution in [2.75, 3.05) is 27.5 Å². The van der Waals surface area contributed by atoms with Gasteiger partial charge in [0.1, 0.15) is 11.8 Å². The number of alkyl halides is 3. The van der Waals surface area contributed by atoms with Crippen molar-refractivity contribution in [2.24, 2.45) is 0 Å².